The number of nitro groups is 1. The number of hydrogen-bond acceptors (Lipinski definition) is 6. The molecule has 1 saturated heterocycles. The average molecular weight is 559 g/mol. The molecular formula is C31H38N6O4. The van der Waals surface area contributed by atoms with E-state index in [1.807, 2.05) is 29.5 Å². The summed E-state index contributed by atoms with van der Waals surface area (Å²) in [7, 11) is 0. The summed E-state index contributed by atoms with van der Waals surface area (Å²) >= 11 is 0. The molecule has 0 N–H and O–H groups in total. The van der Waals surface area contributed by atoms with Gasteiger partial charge in [-0.15, -0.1) is 0 Å². The molecule has 2 aromatic carbocycles. The van der Waals surface area contributed by atoms with E-state index in [-0.39, 0.29) is 34.4 Å². The Morgan fingerprint density at radius 1 is 1.07 bits per heavy atom. The summed E-state index contributed by atoms with van der Waals surface area (Å²) < 4.78 is 2.00. The summed E-state index contributed by atoms with van der Waals surface area (Å²) in [5.41, 5.74) is 3.09. The van der Waals surface area contributed by atoms with Gasteiger partial charge >= 0.3 is 0 Å². The summed E-state index contributed by atoms with van der Waals surface area (Å²) in [6.45, 7) is 12.5. The van der Waals surface area contributed by atoms with Gasteiger partial charge < -0.3 is 19.3 Å². The van der Waals surface area contributed by atoms with Crippen molar-refractivity contribution in [2.45, 2.75) is 71.8 Å². The molecule has 2 unspecified atom stereocenters. The molecule has 0 radical (unpaired) electrons. The highest BCUT2D eigenvalue weighted by atomic mass is 16.6. The van der Waals surface area contributed by atoms with Crippen LogP contribution in [-0.4, -0.2) is 61.4 Å². The monoisotopic (exact) mass is 558 g/mol. The van der Waals surface area contributed by atoms with Crippen LogP contribution in [-0.2, 0) is 23.3 Å². The van der Waals surface area contributed by atoms with Crippen molar-refractivity contribution < 1.29 is 14.5 Å². The molecule has 0 saturated carbocycles. The van der Waals surface area contributed by atoms with E-state index in [2.05, 4.69) is 54.9 Å². The fraction of sp³-hybridized carbons (Fsp3) is 0.452. The van der Waals surface area contributed by atoms with Gasteiger partial charge in [-0.3, -0.25) is 19.7 Å². The van der Waals surface area contributed by atoms with Crippen LogP contribution in [0.15, 0.2) is 61.2 Å². The summed E-state index contributed by atoms with van der Waals surface area (Å²) in [5, 5.41) is 11.6. The molecule has 3 aromatic rings. The van der Waals surface area contributed by atoms with Crippen LogP contribution in [0.4, 0.5) is 11.4 Å². The van der Waals surface area contributed by atoms with Crippen molar-refractivity contribution in [1.82, 2.24) is 19.4 Å². The van der Waals surface area contributed by atoms with Gasteiger partial charge in [0.1, 0.15) is 12.2 Å². The van der Waals surface area contributed by atoms with E-state index in [0.717, 1.165) is 18.5 Å². The molecule has 2 aliphatic heterocycles. The molecule has 2 amide bonds. The van der Waals surface area contributed by atoms with Crippen molar-refractivity contribution in [2.75, 3.05) is 18.0 Å². The van der Waals surface area contributed by atoms with E-state index in [1.54, 1.807) is 23.5 Å². The lowest BCUT2D eigenvalue weighted by Crippen LogP contribution is -2.71. The van der Waals surface area contributed by atoms with E-state index in [0.29, 0.717) is 25.3 Å². The Balaban J connectivity index is 1.50. The average Bonchev–Trinajstić information content (AvgIpc) is 3.44. The predicted molar refractivity (Wildman–Crippen MR) is 156 cm³/mol. The number of imidazole rings is 1. The second-order valence-corrected chi connectivity index (χ2v) is 12.4. The second kappa shape index (κ2) is 11.0. The Morgan fingerprint density at radius 2 is 1.80 bits per heavy atom. The maximum Gasteiger partial charge on any atom is 0.270 e. The number of piperazine rings is 1. The van der Waals surface area contributed by atoms with Gasteiger partial charge in [-0.2, -0.15) is 0 Å². The number of nitrogens with zero attached hydrogens (tertiary/aromatic N) is 6. The number of anilines is 1. The summed E-state index contributed by atoms with van der Waals surface area (Å²) in [6, 6.07) is 12.2. The first kappa shape index (κ1) is 28.3. The first-order valence-corrected chi connectivity index (χ1v) is 14.2. The van der Waals surface area contributed by atoms with Gasteiger partial charge in [0.2, 0.25) is 5.91 Å². The normalized spacial score (nSPS) is 19.0. The van der Waals surface area contributed by atoms with Crippen LogP contribution in [0, 0.1) is 16.0 Å². The first-order valence-electron chi connectivity index (χ1n) is 14.2. The lowest BCUT2D eigenvalue weighted by atomic mass is 9.86. The highest BCUT2D eigenvalue weighted by molar-refractivity contribution is 6.05. The van der Waals surface area contributed by atoms with E-state index < -0.39 is 17.1 Å². The third-order valence-corrected chi connectivity index (χ3v) is 8.09. The zero-order chi connectivity index (χ0) is 29.5. The van der Waals surface area contributed by atoms with Crippen LogP contribution in [0.2, 0.25) is 0 Å². The van der Waals surface area contributed by atoms with Crippen LogP contribution in [0.3, 0.4) is 0 Å². The quantitative estimate of drug-likeness (QED) is 0.290. The molecule has 3 heterocycles. The minimum Gasteiger partial charge on any atom is -0.349 e. The number of nitro benzene ring substituents is 1. The van der Waals surface area contributed by atoms with Crippen LogP contribution in [0.5, 0.6) is 0 Å². The minimum atomic E-state index is -0.682. The molecule has 1 aromatic heterocycles. The molecule has 41 heavy (non-hydrogen) atoms. The van der Waals surface area contributed by atoms with E-state index in [1.165, 1.54) is 17.7 Å². The van der Waals surface area contributed by atoms with E-state index in [9.17, 15) is 19.7 Å². The van der Waals surface area contributed by atoms with E-state index in [4.69, 9.17) is 0 Å². The fourth-order valence-corrected chi connectivity index (χ4v) is 5.93. The number of fused-ring (bicyclic) bond motifs is 2. The highest BCUT2D eigenvalue weighted by Gasteiger charge is 2.50. The smallest absolute Gasteiger partial charge is 0.270 e. The van der Waals surface area contributed by atoms with Gasteiger partial charge in [-0.1, -0.05) is 58.9 Å². The van der Waals surface area contributed by atoms with Gasteiger partial charge in [0, 0.05) is 44.2 Å². The Morgan fingerprint density at radius 3 is 2.41 bits per heavy atom. The molecule has 1 fully saturated rings. The molecule has 0 spiro atoms. The Kier molecular flexibility index (Phi) is 7.59. The molecule has 2 atom stereocenters. The number of hydrogen-bond donors (Lipinski definition) is 0. The zero-order valence-electron chi connectivity index (χ0n) is 24.4. The zero-order valence-corrected chi connectivity index (χ0v) is 24.4. The van der Waals surface area contributed by atoms with Crippen molar-refractivity contribution in [3.8, 4) is 0 Å². The van der Waals surface area contributed by atoms with Gasteiger partial charge in [-0.05, 0) is 34.9 Å². The number of amides is 2. The van der Waals surface area contributed by atoms with Crippen LogP contribution < -0.4 is 4.90 Å². The SMILES string of the molecule is CC(C)C1C(=O)N(Cc2ccc(C(C)(C)C)cc2)CC2N(CCCn3ccnc3)c3ccc([N+](=O)[O-])cc3C(=O)N12. The van der Waals surface area contributed by atoms with Gasteiger partial charge in [0.05, 0.1) is 29.0 Å². The fourth-order valence-electron chi connectivity index (χ4n) is 5.93. The number of carbonyl (C=O) groups excluding carboxylic acids is 2. The van der Waals surface area contributed by atoms with Crippen molar-refractivity contribution in [2.24, 2.45) is 5.92 Å². The second-order valence-electron chi connectivity index (χ2n) is 12.4. The van der Waals surface area contributed by atoms with Crippen molar-refractivity contribution >= 4 is 23.2 Å². The lowest BCUT2D eigenvalue weighted by molar-refractivity contribution is -0.384. The largest absolute Gasteiger partial charge is 0.349 e. The molecule has 0 aliphatic carbocycles. The number of aromatic nitrogens is 2. The molecule has 10 heteroatoms. The number of non-ortho nitro benzene ring substituents is 1. The molecule has 5 rings (SSSR count). The minimum absolute atomic E-state index is 0.0326. The maximum atomic E-state index is 14.0. The number of rotatable bonds is 8. The van der Waals surface area contributed by atoms with Crippen molar-refractivity contribution in [3.63, 3.8) is 0 Å². The van der Waals surface area contributed by atoms with Crippen LogP contribution in [0.25, 0.3) is 0 Å². The third-order valence-electron chi connectivity index (χ3n) is 8.09. The highest BCUT2D eigenvalue weighted by Crippen LogP contribution is 2.39. The Bertz CT molecular complexity index is 1430. The number of aryl methyl sites for hydroxylation is 1. The standard InChI is InChI=1S/C31H38N6O4/c1-21(2)28-30(39)34(18-22-7-9-23(10-8-22)31(3,4)5)19-27-35(15-6-14-33-16-13-32-20-33)26-12-11-24(37(40)41)17-25(26)29(38)36(27)28/h7-13,16-17,20-21,27-28H,6,14-15,18-19H2,1-5H3. The molecule has 216 valence electrons. The Labute approximate surface area is 240 Å². The Hall–Kier alpha value is -4.21. The van der Waals surface area contributed by atoms with Crippen molar-refractivity contribution in [1.29, 1.82) is 0 Å². The molecule has 0 bridgehead atoms. The van der Waals surface area contributed by atoms with Gasteiger partial charge in [0.25, 0.3) is 11.6 Å². The third kappa shape index (κ3) is 5.55. The molecule has 10 nitrogen and oxygen atoms in total. The van der Waals surface area contributed by atoms with Crippen LogP contribution in [0.1, 0.15) is 62.5 Å². The first-order chi connectivity index (χ1) is 19.5. The lowest BCUT2D eigenvalue weighted by Gasteiger charge is -2.54. The van der Waals surface area contributed by atoms with Crippen LogP contribution >= 0.6 is 0 Å². The predicted octanol–water partition coefficient (Wildman–Crippen LogP) is 4.83. The summed E-state index contributed by atoms with van der Waals surface area (Å²) in [5.74, 6) is -0.578. The molecular weight excluding hydrogens is 520 g/mol. The number of benzene rings is 2. The summed E-state index contributed by atoms with van der Waals surface area (Å²) in [6.07, 6.45) is 5.79. The van der Waals surface area contributed by atoms with Gasteiger partial charge in [0.15, 0.2) is 0 Å². The molecule has 2 aliphatic rings. The summed E-state index contributed by atoms with van der Waals surface area (Å²) in [4.78, 5) is 48.8. The van der Waals surface area contributed by atoms with Crippen molar-refractivity contribution in [3.05, 3.63) is 88.0 Å². The van der Waals surface area contributed by atoms with E-state index >= 15 is 0 Å². The number of carbonyl (C=O) groups is 2. The topological polar surface area (TPSA) is 105 Å². The maximum absolute atomic E-state index is 14.0. The van der Waals surface area contributed by atoms with Gasteiger partial charge in [-0.25, -0.2) is 4.98 Å².